The Labute approximate surface area is 238 Å². The minimum Gasteiger partial charge on any atom is -0.497 e. The van der Waals surface area contributed by atoms with Crippen LogP contribution in [0.4, 0.5) is 23.0 Å². The second kappa shape index (κ2) is 12.4. The largest absolute Gasteiger partial charge is 0.497 e. The number of halogens is 1. The molecule has 1 saturated heterocycles. The standard InChI is InChI=1S/C27H28N6O5S.ClH/c1-37-19-13-18(14-20(16-19)38-2)29-25-26(32-23-10-4-3-9-22(23)31-25)33-39(35,36)21-8-5-7-17(15-21)30-27(34)24-11-6-12-28-24;/h3-5,7-10,13-16,24,28H,6,11-12H2,1-2H3,(H,29,31)(H,30,34)(H,32,33);1H/t24-;/m1./s1. The lowest BCUT2D eigenvalue weighted by Gasteiger charge is -2.16. The van der Waals surface area contributed by atoms with Gasteiger partial charge in [-0.05, 0) is 49.7 Å². The number of hydrogen-bond donors (Lipinski definition) is 4. The van der Waals surface area contributed by atoms with Crippen molar-refractivity contribution in [2.45, 2.75) is 23.8 Å². The molecule has 0 saturated carbocycles. The molecule has 1 amide bonds. The number of sulfonamides is 1. The first-order valence-electron chi connectivity index (χ1n) is 12.3. The second-order valence-electron chi connectivity index (χ2n) is 8.91. The molecule has 13 heteroatoms. The summed E-state index contributed by atoms with van der Waals surface area (Å²) < 4.78 is 40.2. The van der Waals surface area contributed by atoms with Gasteiger partial charge in [-0.1, -0.05) is 18.2 Å². The third-order valence-electron chi connectivity index (χ3n) is 6.20. The Bertz CT molecular complexity index is 1610. The first-order chi connectivity index (χ1) is 18.8. The van der Waals surface area contributed by atoms with Crippen LogP contribution in [0.5, 0.6) is 11.5 Å². The number of para-hydroxylation sites is 2. The van der Waals surface area contributed by atoms with Gasteiger partial charge >= 0.3 is 0 Å². The van der Waals surface area contributed by atoms with Gasteiger partial charge in [-0.25, -0.2) is 18.4 Å². The number of hydrogen-bond acceptors (Lipinski definition) is 9. The van der Waals surface area contributed by atoms with Gasteiger partial charge in [0.05, 0.1) is 36.2 Å². The third-order valence-corrected chi connectivity index (χ3v) is 7.54. The van der Waals surface area contributed by atoms with E-state index in [2.05, 4.69) is 30.6 Å². The van der Waals surface area contributed by atoms with Crippen LogP contribution in [0, 0.1) is 0 Å². The molecule has 5 rings (SSSR count). The van der Waals surface area contributed by atoms with Crippen LogP contribution < -0.4 is 30.1 Å². The summed E-state index contributed by atoms with van der Waals surface area (Å²) >= 11 is 0. The van der Waals surface area contributed by atoms with Gasteiger partial charge in [-0.15, -0.1) is 12.4 Å². The summed E-state index contributed by atoms with van der Waals surface area (Å²) in [6.07, 6.45) is 1.66. The molecule has 1 aliphatic heterocycles. The zero-order chi connectivity index (χ0) is 27.4. The molecular weight excluding hydrogens is 556 g/mol. The summed E-state index contributed by atoms with van der Waals surface area (Å²) in [6.45, 7) is 0.780. The van der Waals surface area contributed by atoms with Crippen molar-refractivity contribution < 1.29 is 22.7 Å². The van der Waals surface area contributed by atoms with E-state index in [1.165, 1.54) is 26.4 Å². The zero-order valence-electron chi connectivity index (χ0n) is 21.8. The number of nitrogens with zero attached hydrogens (tertiary/aromatic N) is 2. The van der Waals surface area contributed by atoms with Crippen molar-refractivity contribution in [3.05, 3.63) is 66.7 Å². The van der Waals surface area contributed by atoms with Gasteiger partial charge < -0.3 is 25.4 Å². The summed E-state index contributed by atoms with van der Waals surface area (Å²) in [4.78, 5) is 21.6. The molecule has 3 aromatic carbocycles. The maximum absolute atomic E-state index is 13.5. The van der Waals surface area contributed by atoms with Crippen LogP contribution in [0.2, 0.25) is 0 Å². The Kier molecular flexibility index (Phi) is 8.93. The molecule has 0 aliphatic carbocycles. The normalized spacial score (nSPS) is 14.7. The van der Waals surface area contributed by atoms with E-state index in [9.17, 15) is 13.2 Å². The Morgan fingerprint density at radius 3 is 2.20 bits per heavy atom. The van der Waals surface area contributed by atoms with Gasteiger partial charge in [-0.2, -0.15) is 0 Å². The number of nitrogens with one attached hydrogen (secondary N) is 4. The highest BCUT2D eigenvalue weighted by atomic mass is 35.5. The Morgan fingerprint density at radius 2 is 1.57 bits per heavy atom. The number of ether oxygens (including phenoxy) is 2. The van der Waals surface area contributed by atoms with Crippen LogP contribution in [0.1, 0.15) is 12.8 Å². The van der Waals surface area contributed by atoms with E-state index in [1.807, 2.05) is 6.07 Å². The SMILES string of the molecule is COc1cc(Nc2nc3ccccc3nc2NS(=O)(=O)c2cccc(NC(=O)[C@H]3CCCN3)c2)cc(OC)c1.Cl. The quantitative estimate of drug-likeness (QED) is 0.226. The average Bonchev–Trinajstić information content (AvgIpc) is 3.48. The van der Waals surface area contributed by atoms with Gasteiger partial charge in [0.25, 0.3) is 10.0 Å². The molecule has 40 heavy (non-hydrogen) atoms. The number of carbonyl (C=O) groups excluding carboxylic acids is 1. The molecule has 1 aliphatic rings. The van der Waals surface area contributed by atoms with Gasteiger partial charge in [0.15, 0.2) is 11.6 Å². The number of aromatic nitrogens is 2. The van der Waals surface area contributed by atoms with E-state index in [-0.39, 0.29) is 40.9 Å². The molecule has 1 fully saturated rings. The minimum atomic E-state index is -4.11. The summed E-state index contributed by atoms with van der Waals surface area (Å²) in [6, 6.07) is 18.1. The molecule has 11 nitrogen and oxygen atoms in total. The fraction of sp³-hybridized carbons (Fsp3) is 0.222. The van der Waals surface area contributed by atoms with Crippen molar-refractivity contribution in [1.29, 1.82) is 0 Å². The predicted molar refractivity (Wildman–Crippen MR) is 157 cm³/mol. The molecule has 1 atom stereocenters. The van der Waals surface area contributed by atoms with E-state index >= 15 is 0 Å². The van der Waals surface area contributed by atoms with Crippen LogP contribution >= 0.6 is 12.4 Å². The zero-order valence-corrected chi connectivity index (χ0v) is 23.4. The van der Waals surface area contributed by atoms with Gasteiger partial charge in [0.1, 0.15) is 11.5 Å². The molecule has 2 heterocycles. The van der Waals surface area contributed by atoms with E-state index in [0.29, 0.717) is 33.9 Å². The minimum absolute atomic E-state index is 0. The molecule has 1 aromatic heterocycles. The third kappa shape index (κ3) is 6.53. The molecule has 4 N–H and O–H groups in total. The van der Waals surface area contributed by atoms with Crippen LogP contribution in [-0.2, 0) is 14.8 Å². The van der Waals surface area contributed by atoms with Crippen molar-refractivity contribution in [2.75, 3.05) is 36.1 Å². The lowest BCUT2D eigenvalue weighted by molar-refractivity contribution is -0.117. The molecule has 0 bridgehead atoms. The molecular formula is C27H29ClN6O5S. The summed E-state index contributed by atoms with van der Waals surface area (Å²) in [5.74, 6) is 1.07. The number of anilines is 4. The smallest absolute Gasteiger partial charge is 0.263 e. The maximum atomic E-state index is 13.5. The predicted octanol–water partition coefficient (Wildman–Crippen LogP) is 4.30. The lowest BCUT2D eigenvalue weighted by atomic mass is 10.2. The summed E-state index contributed by atoms with van der Waals surface area (Å²) in [5.41, 5.74) is 2.02. The van der Waals surface area contributed by atoms with Gasteiger partial charge in [0, 0.05) is 29.6 Å². The van der Waals surface area contributed by atoms with Crippen molar-refractivity contribution in [2.24, 2.45) is 0 Å². The summed E-state index contributed by atoms with van der Waals surface area (Å²) in [7, 11) is -1.04. The Morgan fingerprint density at radius 1 is 0.900 bits per heavy atom. The molecule has 210 valence electrons. The Hall–Kier alpha value is -4.13. The number of amides is 1. The van der Waals surface area contributed by atoms with Gasteiger partial charge in [-0.3, -0.25) is 9.52 Å². The van der Waals surface area contributed by atoms with Gasteiger partial charge in [0.2, 0.25) is 5.91 Å². The van der Waals surface area contributed by atoms with E-state index in [1.54, 1.807) is 48.5 Å². The molecule has 0 radical (unpaired) electrons. The second-order valence-corrected chi connectivity index (χ2v) is 10.6. The van der Waals surface area contributed by atoms with Crippen molar-refractivity contribution in [3.8, 4) is 11.5 Å². The van der Waals surface area contributed by atoms with E-state index < -0.39 is 10.0 Å². The fourth-order valence-corrected chi connectivity index (χ4v) is 5.29. The molecule has 0 unspecified atom stereocenters. The number of rotatable bonds is 9. The highest BCUT2D eigenvalue weighted by Crippen LogP contribution is 2.31. The monoisotopic (exact) mass is 584 g/mol. The van der Waals surface area contributed by atoms with Crippen LogP contribution in [-0.4, -0.2) is 51.1 Å². The fourth-order valence-electron chi connectivity index (χ4n) is 4.24. The highest BCUT2D eigenvalue weighted by Gasteiger charge is 2.23. The maximum Gasteiger partial charge on any atom is 0.263 e. The van der Waals surface area contributed by atoms with E-state index in [0.717, 1.165) is 19.4 Å². The first-order valence-corrected chi connectivity index (χ1v) is 13.8. The van der Waals surface area contributed by atoms with Crippen LogP contribution in [0.15, 0.2) is 71.6 Å². The van der Waals surface area contributed by atoms with Crippen molar-refractivity contribution in [3.63, 3.8) is 0 Å². The lowest BCUT2D eigenvalue weighted by Crippen LogP contribution is -2.35. The number of methoxy groups -OCH3 is 2. The average molecular weight is 585 g/mol. The van der Waals surface area contributed by atoms with Crippen molar-refractivity contribution in [1.82, 2.24) is 15.3 Å². The summed E-state index contributed by atoms with van der Waals surface area (Å²) in [5, 5.41) is 9.05. The van der Waals surface area contributed by atoms with Crippen molar-refractivity contribution >= 4 is 62.4 Å². The Balaban J connectivity index is 0.00000370. The number of carbonyl (C=O) groups is 1. The highest BCUT2D eigenvalue weighted by molar-refractivity contribution is 7.92. The van der Waals surface area contributed by atoms with E-state index in [4.69, 9.17) is 9.47 Å². The molecule has 4 aromatic rings. The first kappa shape index (κ1) is 28.9. The van der Waals surface area contributed by atoms with Crippen LogP contribution in [0.25, 0.3) is 11.0 Å². The molecule has 0 spiro atoms. The van der Waals surface area contributed by atoms with Crippen LogP contribution in [0.3, 0.4) is 0 Å². The number of benzene rings is 3. The number of fused-ring (bicyclic) bond motifs is 1. The topological polar surface area (TPSA) is 144 Å².